The van der Waals surface area contributed by atoms with Gasteiger partial charge in [-0.25, -0.2) is 9.98 Å². The number of halogens is 1. The first-order chi connectivity index (χ1) is 12.7. The van der Waals surface area contributed by atoms with Crippen LogP contribution in [0.5, 0.6) is 0 Å². The molecular formula is C17H15BrN3O5P. The number of fused-ring (bicyclic) bond motifs is 1. The maximum Gasteiger partial charge on any atom is 0.346 e. The number of para-hydroxylation sites is 1. The molecule has 10 heteroatoms. The van der Waals surface area contributed by atoms with E-state index < -0.39 is 31.2 Å². The first-order valence-electron chi connectivity index (χ1n) is 7.88. The highest BCUT2D eigenvalue weighted by Crippen LogP contribution is 2.50. The molecule has 0 fully saturated rings. The number of rotatable bonds is 5. The van der Waals surface area contributed by atoms with E-state index in [0.29, 0.717) is 0 Å². The summed E-state index contributed by atoms with van der Waals surface area (Å²) in [5.41, 5.74) is 0.920. The molecule has 0 saturated heterocycles. The van der Waals surface area contributed by atoms with Crippen molar-refractivity contribution in [2.24, 2.45) is 9.98 Å². The number of carbonyl (C=O) groups is 2. The van der Waals surface area contributed by atoms with E-state index in [1.54, 1.807) is 6.92 Å². The van der Waals surface area contributed by atoms with Crippen LogP contribution in [-0.2, 0) is 14.2 Å². The minimum Gasteiger partial charge on any atom is -0.323 e. The fourth-order valence-corrected chi connectivity index (χ4v) is 3.99. The Morgan fingerprint density at radius 3 is 2.30 bits per heavy atom. The summed E-state index contributed by atoms with van der Waals surface area (Å²) in [6.45, 7) is 1.76. The Kier molecular flexibility index (Phi) is 5.50. The van der Waals surface area contributed by atoms with Crippen molar-refractivity contribution >= 4 is 35.3 Å². The number of nitrogens with zero attached hydrogens (tertiary/aromatic N) is 2. The number of amides is 2. The van der Waals surface area contributed by atoms with Gasteiger partial charge in [0.15, 0.2) is 0 Å². The summed E-state index contributed by atoms with van der Waals surface area (Å²) in [6.07, 6.45) is 0. The Morgan fingerprint density at radius 2 is 1.67 bits per heavy atom. The van der Waals surface area contributed by atoms with E-state index in [4.69, 9.17) is 0 Å². The maximum atomic E-state index is 12.2. The average molecular weight is 452 g/mol. The van der Waals surface area contributed by atoms with Crippen molar-refractivity contribution in [3.05, 3.63) is 68.8 Å². The lowest BCUT2D eigenvalue weighted by Crippen LogP contribution is -2.40. The van der Waals surface area contributed by atoms with Crippen LogP contribution in [-0.4, -0.2) is 21.6 Å². The van der Waals surface area contributed by atoms with Crippen LogP contribution in [0.1, 0.15) is 29.9 Å². The molecule has 1 unspecified atom stereocenters. The van der Waals surface area contributed by atoms with Crippen LogP contribution in [0.3, 0.4) is 0 Å². The predicted molar refractivity (Wildman–Crippen MR) is 99.2 cm³/mol. The van der Waals surface area contributed by atoms with E-state index in [9.17, 15) is 23.9 Å². The highest BCUT2D eigenvalue weighted by Gasteiger charge is 2.34. The van der Waals surface area contributed by atoms with Crippen LogP contribution in [0.4, 0.5) is 0 Å². The molecule has 3 rings (SSSR count). The van der Waals surface area contributed by atoms with Crippen LogP contribution in [0.15, 0.2) is 56.9 Å². The van der Waals surface area contributed by atoms with Crippen LogP contribution < -0.4 is 16.0 Å². The van der Waals surface area contributed by atoms with E-state index in [1.165, 1.54) is 18.2 Å². The van der Waals surface area contributed by atoms with Crippen molar-refractivity contribution in [1.29, 1.82) is 0 Å². The lowest BCUT2D eigenvalue weighted by Gasteiger charge is -2.25. The lowest BCUT2D eigenvalue weighted by molar-refractivity contribution is -0.135. The molecule has 0 spiro atoms. The standard InChI is InChI=1S/C17H15BrN3O5P/c1-9(10-5-7-11(18)8-6-10)19-17(27(24,25)26)12-3-2-4-13-14(12)21-16(23)15(22)20-13/h2-9,17,19H,1H3,(H2,24,25,26)/t9-,17?/m0/s1. The van der Waals surface area contributed by atoms with Crippen molar-refractivity contribution in [2.75, 3.05) is 0 Å². The molecule has 2 aromatic rings. The first-order valence-corrected chi connectivity index (χ1v) is 10.4. The molecule has 1 heterocycles. The molecule has 1 aliphatic heterocycles. The maximum absolute atomic E-state index is 12.2. The van der Waals surface area contributed by atoms with E-state index in [-0.39, 0.29) is 16.3 Å². The summed E-state index contributed by atoms with van der Waals surface area (Å²) in [5.74, 6) is -3.50. The van der Waals surface area contributed by atoms with Crippen LogP contribution in [0, 0.1) is 0 Å². The molecule has 3 N–H and O–H groups in total. The van der Waals surface area contributed by atoms with Gasteiger partial charge in [0.2, 0.25) is 0 Å². The topological polar surface area (TPSA) is 128 Å². The fraction of sp³-hybridized carbons (Fsp3) is 0.176. The Labute approximate surface area is 162 Å². The van der Waals surface area contributed by atoms with Crippen LogP contribution in [0.25, 0.3) is 0 Å². The summed E-state index contributed by atoms with van der Waals surface area (Å²) in [7, 11) is -4.68. The molecule has 1 aliphatic rings. The zero-order valence-corrected chi connectivity index (χ0v) is 16.5. The molecule has 2 amide bonds. The molecule has 0 bridgehead atoms. The summed E-state index contributed by atoms with van der Waals surface area (Å²) in [6, 6.07) is 11.3. The van der Waals surface area contributed by atoms with Gasteiger partial charge in [-0.05, 0) is 30.7 Å². The Balaban J connectivity index is 2.07. The summed E-state index contributed by atoms with van der Waals surface area (Å²) < 4.78 is 13.1. The van der Waals surface area contributed by atoms with Crippen molar-refractivity contribution in [3.8, 4) is 0 Å². The highest BCUT2D eigenvalue weighted by atomic mass is 79.9. The third-order valence-corrected chi connectivity index (χ3v) is 5.70. The number of hydrogen-bond donors (Lipinski definition) is 3. The normalized spacial score (nSPS) is 16.1. The van der Waals surface area contributed by atoms with Gasteiger partial charge in [0.25, 0.3) is 0 Å². The molecule has 2 aromatic carbocycles. The fourth-order valence-electron chi connectivity index (χ4n) is 2.74. The zero-order chi connectivity index (χ0) is 19.8. The van der Waals surface area contributed by atoms with Crippen molar-refractivity contribution < 1.29 is 23.9 Å². The number of nitrogens with one attached hydrogen (secondary N) is 1. The minimum absolute atomic E-state index is 0.00840. The summed E-state index contributed by atoms with van der Waals surface area (Å²) in [4.78, 5) is 50.2. The molecule has 140 valence electrons. The van der Waals surface area contributed by atoms with Crippen molar-refractivity contribution in [2.45, 2.75) is 18.7 Å². The van der Waals surface area contributed by atoms with Gasteiger partial charge in [-0.2, -0.15) is 0 Å². The van der Waals surface area contributed by atoms with Crippen molar-refractivity contribution in [3.63, 3.8) is 0 Å². The SMILES string of the molecule is C[C@H](NC(c1cccc2c1=NC(=O)C(=O)N=2)P(=O)(O)O)c1ccc(Br)cc1. The smallest absolute Gasteiger partial charge is 0.323 e. The zero-order valence-electron chi connectivity index (χ0n) is 14.0. The van der Waals surface area contributed by atoms with Gasteiger partial charge in [-0.3, -0.25) is 19.5 Å². The first kappa shape index (κ1) is 19.7. The third kappa shape index (κ3) is 4.28. The van der Waals surface area contributed by atoms with Gasteiger partial charge in [-0.1, -0.05) is 40.2 Å². The van der Waals surface area contributed by atoms with Gasteiger partial charge in [-0.15, -0.1) is 0 Å². The van der Waals surface area contributed by atoms with Crippen LogP contribution in [0.2, 0.25) is 0 Å². The molecule has 0 aromatic heterocycles. The van der Waals surface area contributed by atoms with E-state index in [1.807, 2.05) is 24.3 Å². The second kappa shape index (κ2) is 7.53. The molecule has 8 nitrogen and oxygen atoms in total. The number of benzene rings is 2. The van der Waals surface area contributed by atoms with Gasteiger partial charge in [0, 0.05) is 16.1 Å². The second-order valence-electron chi connectivity index (χ2n) is 5.98. The molecular weight excluding hydrogens is 437 g/mol. The molecule has 2 atom stereocenters. The number of carbonyl (C=O) groups excluding carboxylic acids is 2. The van der Waals surface area contributed by atoms with Crippen LogP contribution >= 0.6 is 23.5 Å². The molecule has 0 aliphatic carbocycles. The summed E-state index contributed by atoms with van der Waals surface area (Å²) >= 11 is 3.34. The monoisotopic (exact) mass is 451 g/mol. The van der Waals surface area contributed by atoms with Gasteiger partial charge < -0.3 is 9.79 Å². The Bertz CT molecular complexity index is 1080. The van der Waals surface area contributed by atoms with Gasteiger partial charge in [0.05, 0.1) is 10.7 Å². The summed E-state index contributed by atoms with van der Waals surface area (Å²) in [5, 5.41) is 3.01. The van der Waals surface area contributed by atoms with E-state index in [2.05, 4.69) is 31.2 Å². The molecule has 0 radical (unpaired) electrons. The third-order valence-electron chi connectivity index (χ3n) is 4.07. The van der Waals surface area contributed by atoms with Gasteiger partial charge in [0.1, 0.15) is 5.78 Å². The largest absolute Gasteiger partial charge is 0.346 e. The van der Waals surface area contributed by atoms with Crippen molar-refractivity contribution in [1.82, 2.24) is 5.32 Å². The Hall–Kier alpha value is -2.03. The quantitative estimate of drug-likeness (QED) is 0.463. The lowest BCUT2D eigenvalue weighted by atomic mass is 10.1. The van der Waals surface area contributed by atoms with E-state index in [0.717, 1.165) is 10.0 Å². The second-order valence-corrected chi connectivity index (χ2v) is 8.59. The Morgan fingerprint density at radius 1 is 1.04 bits per heavy atom. The molecule has 0 saturated carbocycles. The number of hydrogen-bond acceptors (Lipinski definition) is 4. The molecule has 27 heavy (non-hydrogen) atoms. The predicted octanol–water partition coefficient (Wildman–Crippen LogP) is 1.28. The highest BCUT2D eigenvalue weighted by molar-refractivity contribution is 9.10. The van der Waals surface area contributed by atoms with E-state index >= 15 is 0 Å². The average Bonchev–Trinajstić information content (AvgIpc) is 2.60. The minimum atomic E-state index is -4.68. The van der Waals surface area contributed by atoms with Gasteiger partial charge >= 0.3 is 19.4 Å².